The minimum atomic E-state index is -0.826. The molecule has 0 bridgehead atoms. The normalized spacial score (nSPS) is 16.6. The molecule has 4 rings (SSSR count). The van der Waals surface area contributed by atoms with Gasteiger partial charge in [-0.2, -0.15) is 4.98 Å². The van der Waals surface area contributed by atoms with Crippen LogP contribution in [0, 0.1) is 17.6 Å². The molecule has 2 unspecified atom stereocenters. The van der Waals surface area contributed by atoms with Gasteiger partial charge in [-0.05, 0) is 31.0 Å². The first-order valence-corrected chi connectivity index (χ1v) is 10.3. The first-order chi connectivity index (χ1) is 15.8. The number of ether oxygens (including phenoxy) is 2. The third-order valence-corrected chi connectivity index (χ3v) is 5.07. The lowest BCUT2D eigenvalue weighted by atomic mass is 10.0. The van der Waals surface area contributed by atoms with Gasteiger partial charge in [0.2, 0.25) is 5.95 Å². The molecule has 172 valence electrons. The number of anilines is 2. The molecule has 1 aliphatic heterocycles. The number of nitrogens with one attached hydrogen (secondary N) is 1. The Hall–Kier alpha value is -3.89. The van der Waals surface area contributed by atoms with Gasteiger partial charge >= 0.3 is 6.09 Å². The summed E-state index contributed by atoms with van der Waals surface area (Å²) in [6.07, 6.45) is 3.88. The van der Waals surface area contributed by atoms with Crippen molar-refractivity contribution in [1.29, 1.82) is 0 Å². The van der Waals surface area contributed by atoms with E-state index in [1.54, 1.807) is 12.3 Å². The minimum absolute atomic E-state index is 0.112. The molecule has 1 amide bonds. The van der Waals surface area contributed by atoms with Gasteiger partial charge in [0.05, 0.1) is 24.5 Å². The highest BCUT2D eigenvalue weighted by atomic mass is 19.1. The Morgan fingerprint density at radius 1 is 1.15 bits per heavy atom. The summed E-state index contributed by atoms with van der Waals surface area (Å²) in [4.78, 5) is 30.8. The summed E-state index contributed by atoms with van der Waals surface area (Å²) in [5.74, 6) is -0.125. The standard InChI is InChI=1S/C22H22F2N6O3/c1-12(2)17-11-32-22(31)30(17)19-6-7-25-21(29-19)28-13(3)20-26-9-15(10-27-20)33-18-5-4-14(23)8-16(18)24/h4-10,12-13,17H,11H2,1-3H3,(H,25,28,29). The van der Waals surface area contributed by atoms with Crippen molar-refractivity contribution >= 4 is 17.9 Å². The summed E-state index contributed by atoms with van der Waals surface area (Å²) in [7, 11) is 0. The highest BCUT2D eigenvalue weighted by Crippen LogP contribution is 2.27. The van der Waals surface area contributed by atoms with E-state index in [9.17, 15) is 13.6 Å². The summed E-state index contributed by atoms with van der Waals surface area (Å²) in [6.45, 7) is 6.14. The van der Waals surface area contributed by atoms with Gasteiger partial charge in [-0.25, -0.2) is 28.5 Å². The van der Waals surface area contributed by atoms with Crippen LogP contribution in [0.3, 0.4) is 0 Å². The summed E-state index contributed by atoms with van der Waals surface area (Å²) in [6, 6.07) is 4.17. The second-order valence-electron chi connectivity index (χ2n) is 7.82. The number of nitrogens with zero attached hydrogens (tertiary/aromatic N) is 5. The maximum Gasteiger partial charge on any atom is 0.415 e. The van der Waals surface area contributed by atoms with E-state index in [0.29, 0.717) is 24.2 Å². The van der Waals surface area contributed by atoms with Crippen LogP contribution in [0.15, 0.2) is 42.9 Å². The smallest absolute Gasteiger partial charge is 0.415 e. The van der Waals surface area contributed by atoms with E-state index >= 15 is 0 Å². The highest BCUT2D eigenvalue weighted by molar-refractivity contribution is 5.89. The van der Waals surface area contributed by atoms with Crippen LogP contribution in [0.1, 0.15) is 32.6 Å². The maximum atomic E-state index is 13.8. The molecule has 3 heterocycles. The van der Waals surface area contributed by atoms with Gasteiger partial charge in [-0.3, -0.25) is 4.90 Å². The third kappa shape index (κ3) is 4.97. The number of halogens is 2. The molecule has 9 nitrogen and oxygen atoms in total. The van der Waals surface area contributed by atoms with Crippen LogP contribution in [0.4, 0.5) is 25.3 Å². The summed E-state index contributed by atoms with van der Waals surface area (Å²) in [5.41, 5.74) is 0. The predicted molar refractivity (Wildman–Crippen MR) is 115 cm³/mol. The fourth-order valence-electron chi connectivity index (χ4n) is 3.29. The number of cyclic esters (lactones) is 1. The zero-order chi connectivity index (χ0) is 23.5. The number of hydrogen-bond donors (Lipinski definition) is 1. The molecule has 1 N–H and O–H groups in total. The molecule has 0 aliphatic carbocycles. The molecule has 0 radical (unpaired) electrons. The Balaban J connectivity index is 1.44. The second-order valence-corrected chi connectivity index (χ2v) is 7.82. The number of aromatic nitrogens is 4. The Morgan fingerprint density at radius 2 is 1.91 bits per heavy atom. The second kappa shape index (κ2) is 9.31. The molecule has 3 aromatic rings. The molecule has 0 spiro atoms. The van der Waals surface area contributed by atoms with Gasteiger partial charge in [0.25, 0.3) is 0 Å². The van der Waals surface area contributed by atoms with Gasteiger partial charge in [0, 0.05) is 12.3 Å². The van der Waals surface area contributed by atoms with E-state index in [2.05, 4.69) is 25.3 Å². The molecule has 1 aromatic carbocycles. The van der Waals surface area contributed by atoms with Gasteiger partial charge in [-0.15, -0.1) is 0 Å². The van der Waals surface area contributed by atoms with E-state index in [-0.39, 0.29) is 29.5 Å². The lowest BCUT2D eigenvalue weighted by molar-refractivity contribution is 0.177. The fourth-order valence-corrected chi connectivity index (χ4v) is 3.29. The number of hydrogen-bond acceptors (Lipinski definition) is 8. The van der Waals surface area contributed by atoms with Crippen LogP contribution in [0.25, 0.3) is 0 Å². The number of carbonyl (C=O) groups is 1. The van der Waals surface area contributed by atoms with Crippen molar-refractivity contribution < 1.29 is 23.0 Å². The Morgan fingerprint density at radius 3 is 2.61 bits per heavy atom. The van der Waals surface area contributed by atoms with Crippen molar-refractivity contribution in [2.75, 3.05) is 16.8 Å². The largest absolute Gasteiger partial charge is 0.451 e. The zero-order valence-electron chi connectivity index (χ0n) is 18.2. The zero-order valence-corrected chi connectivity index (χ0v) is 18.2. The molecule has 33 heavy (non-hydrogen) atoms. The summed E-state index contributed by atoms with van der Waals surface area (Å²) >= 11 is 0. The van der Waals surface area contributed by atoms with Crippen molar-refractivity contribution in [3.8, 4) is 11.5 Å². The van der Waals surface area contributed by atoms with Crippen molar-refractivity contribution in [2.45, 2.75) is 32.9 Å². The van der Waals surface area contributed by atoms with E-state index in [1.807, 2.05) is 20.8 Å². The Labute approximate surface area is 188 Å². The molecular formula is C22H22F2N6O3. The minimum Gasteiger partial charge on any atom is -0.451 e. The highest BCUT2D eigenvalue weighted by Gasteiger charge is 2.37. The quantitative estimate of drug-likeness (QED) is 0.555. The first-order valence-electron chi connectivity index (χ1n) is 10.3. The molecule has 1 fully saturated rings. The average Bonchev–Trinajstić information content (AvgIpc) is 3.18. The van der Waals surface area contributed by atoms with Crippen molar-refractivity contribution in [2.24, 2.45) is 5.92 Å². The van der Waals surface area contributed by atoms with Crippen LogP contribution >= 0.6 is 0 Å². The number of benzene rings is 1. The summed E-state index contributed by atoms with van der Waals surface area (Å²) < 4.78 is 37.3. The molecule has 11 heteroatoms. The topological polar surface area (TPSA) is 102 Å². The lowest BCUT2D eigenvalue weighted by Gasteiger charge is -2.23. The fraction of sp³-hybridized carbons (Fsp3) is 0.318. The maximum absolute atomic E-state index is 13.8. The van der Waals surface area contributed by atoms with Crippen LogP contribution in [0.2, 0.25) is 0 Å². The van der Waals surface area contributed by atoms with Gasteiger partial charge in [0.1, 0.15) is 18.2 Å². The number of carbonyl (C=O) groups excluding carboxylic acids is 1. The van der Waals surface area contributed by atoms with Crippen LogP contribution in [-0.4, -0.2) is 38.7 Å². The molecule has 1 aliphatic rings. The van der Waals surface area contributed by atoms with Gasteiger partial charge in [-0.1, -0.05) is 13.8 Å². The van der Waals surface area contributed by atoms with Gasteiger partial charge < -0.3 is 14.8 Å². The molecular weight excluding hydrogens is 434 g/mol. The number of rotatable bonds is 7. The van der Waals surface area contributed by atoms with E-state index in [0.717, 1.165) is 12.1 Å². The predicted octanol–water partition coefficient (Wildman–Crippen LogP) is 4.49. The average molecular weight is 456 g/mol. The van der Waals surface area contributed by atoms with Crippen molar-refractivity contribution in [1.82, 2.24) is 19.9 Å². The molecule has 0 saturated carbocycles. The van der Waals surface area contributed by atoms with Crippen LogP contribution in [-0.2, 0) is 4.74 Å². The summed E-state index contributed by atoms with van der Waals surface area (Å²) in [5, 5.41) is 3.10. The van der Waals surface area contributed by atoms with E-state index in [1.165, 1.54) is 23.4 Å². The Bertz CT molecular complexity index is 1150. The van der Waals surface area contributed by atoms with Crippen molar-refractivity contribution in [3.63, 3.8) is 0 Å². The first kappa shape index (κ1) is 22.3. The van der Waals surface area contributed by atoms with E-state index in [4.69, 9.17) is 9.47 Å². The molecule has 2 atom stereocenters. The van der Waals surface area contributed by atoms with Crippen LogP contribution in [0.5, 0.6) is 11.5 Å². The lowest BCUT2D eigenvalue weighted by Crippen LogP contribution is -2.37. The molecule has 2 aromatic heterocycles. The van der Waals surface area contributed by atoms with E-state index < -0.39 is 17.7 Å². The third-order valence-electron chi connectivity index (χ3n) is 5.07. The van der Waals surface area contributed by atoms with Crippen molar-refractivity contribution in [3.05, 3.63) is 60.3 Å². The SMILES string of the molecule is CC(Nc1nccc(N2C(=O)OCC2C(C)C)n1)c1ncc(Oc2ccc(F)cc2F)cn1. The monoisotopic (exact) mass is 456 g/mol. The van der Waals surface area contributed by atoms with Gasteiger partial charge in [0.15, 0.2) is 23.1 Å². The Kier molecular flexibility index (Phi) is 6.29. The molecule has 1 saturated heterocycles. The number of amides is 1. The van der Waals surface area contributed by atoms with Crippen LogP contribution < -0.4 is 15.0 Å².